The fraction of sp³-hybridized carbons (Fsp3) is 0.533. The molecule has 0 aliphatic rings. The number of aliphatic carboxylic acids is 1. The average Bonchev–Trinajstić information content (AvgIpc) is 2.36. The van der Waals surface area contributed by atoms with Gasteiger partial charge < -0.3 is 15.5 Å². The van der Waals surface area contributed by atoms with Crippen molar-refractivity contribution in [2.75, 3.05) is 0 Å². The molecule has 0 aliphatic heterocycles. The lowest BCUT2D eigenvalue weighted by atomic mass is 9.97. The summed E-state index contributed by atoms with van der Waals surface area (Å²) in [6, 6.07) is 7.51. The Morgan fingerprint density at radius 3 is 2.21 bits per heavy atom. The smallest absolute Gasteiger partial charge is 0.310 e. The van der Waals surface area contributed by atoms with E-state index in [9.17, 15) is 9.90 Å². The summed E-state index contributed by atoms with van der Waals surface area (Å²) in [6.45, 7) is 7.95. The molecule has 0 saturated heterocycles. The van der Waals surface area contributed by atoms with Crippen molar-refractivity contribution in [2.24, 2.45) is 0 Å². The van der Waals surface area contributed by atoms with Crippen molar-refractivity contribution in [3.05, 3.63) is 35.4 Å². The lowest BCUT2D eigenvalue weighted by Gasteiger charge is -2.29. The molecular formula is C15H23NO3. The van der Waals surface area contributed by atoms with Crippen molar-refractivity contribution < 1.29 is 15.0 Å². The molecule has 0 bridgehead atoms. The highest BCUT2D eigenvalue weighted by molar-refractivity contribution is 5.75. The zero-order chi connectivity index (χ0) is 14.6. The molecule has 0 fully saturated rings. The molecule has 4 heteroatoms. The summed E-state index contributed by atoms with van der Waals surface area (Å²) in [6.07, 6.45) is -0.446. The Morgan fingerprint density at radius 2 is 1.79 bits per heavy atom. The monoisotopic (exact) mass is 265 g/mol. The lowest BCUT2D eigenvalue weighted by Crippen LogP contribution is -2.47. The van der Waals surface area contributed by atoms with Crippen molar-refractivity contribution in [1.29, 1.82) is 0 Å². The van der Waals surface area contributed by atoms with E-state index in [0.29, 0.717) is 6.54 Å². The predicted octanol–water partition coefficient (Wildman–Crippen LogP) is 2.12. The van der Waals surface area contributed by atoms with Crippen LogP contribution in [-0.2, 0) is 11.3 Å². The number of hydrogen-bond acceptors (Lipinski definition) is 3. The molecule has 4 nitrogen and oxygen atoms in total. The quantitative estimate of drug-likeness (QED) is 0.737. The summed E-state index contributed by atoms with van der Waals surface area (Å²) in [4.78, 5) is 10.9. The van der Waals surface area contributed by atoms with Crippen LogP contribution in [0.1, 0.15) is 44.7 Å². The van der Waals surface area contributed by atoms with Crippen LogP contribution in [0.15, 0.2) is 24.3 Å². The minimum Gasteiger partial charge on any atom is -0.481 e. The van der Waals surface area contributed by atoms with Crippen LogP contribution in [0.5, 0.6) is 0 Å². The average molecular weight is 265 g/mol. The molecule has 106 valence electrons. The first kappa shape index (κ1) is 15.7. The molecule has 0 aliphatic carbocycles. The third kappa shape index (κ3) is 4.33. The van der Waals surface area contributed by atoms with E-state index >= 15 is 0 Å². The van der Waals surface area contributed by atoms with Gasteiger partial charge in [-0.1, -0.05) is 24.3 Å². The summed E-state index contributed by atoms with van der Waals surface area (Å²) in [5.74, 6) is -1.31. The number of carbonyl (C=O) groups is 1. The van der Waals surface area contributed by atoms with Crippen LogP contribution >= 0.6 is 0 Å². The second kappa shape index (κ2) is 6.17. The molecule has 3 N–H and O–H groups in total. The number of carboxylic acid groups (broad SMARTS) is 1. The van der Waals surface area contributed by atoms with Crippen molar-refractivity contribution in [3.8, 4) is 0 Å². The van der Waals surface area contributed by atoms with Crippen molar-refractivity contribution in [3.63, 3.8) is 0 Å². The highest BCUT2D eigenvalue weighted by Gasteiger charge is 2.22. The van der Waals surface area contributed by atoms with E-state index in [-0.39, 0.29) is 5.54 Å². The van der Waals surface area contributed by atoms with Gasteiger partial charge in [0.05, 0.1) is 12.0 Å². The van der Waals surface area contributed by atoms with Gasteiger partial charge in [0.15, 0.2) is 0 Å². The van der Waals surface area contributed by atoms with E-state index in [1.54, 1.807) is 13.8 Å². The summed E-state index contributed by atoms with van der Waals surface area (Å²) < 4.78 is 0. The third-order valence-electron chi connectivity index (χ3n) is 3.64. The number of hydrogen-bond donors (Lipinski definition) is 3. The molecule has 1 rings (SSSR count). The molecule has 1 aromatic rings. The van der Waals surface area contributed by atoms with Crippen LogP contribution in [0.4, 0.5) is 0 Å². The first-order chi connectivity index (χ1) is 8.74. The van der Waals surface area contributed by atoms with Crippen LogP contribution in [0.3, 0.4) is 0 Å². The van der Waals surface area contributed by atoms with Gasteiger partial charge in [0, 0.05) is 12.1 Å². The highest BCUT2D eigenvalue weighted by Crippen LogP contribution is 2.17. The van der Waals surface area contributed by atoms with Crippen LogP contribution in [-0.4, -0.2) is 27.8 Å². The second-order valence-corrected chi connectivity index (χ2v) is 5.55. The minimum absolute atomic E-state index is 0.354. The molecule has 0 saturated carbocycles. The van der Waals surface area contributed by atoms with E-state index in [2.05, 4.69) is 5.32 Å². The lowest BCUT2D eigenvalue weighted by molar-refractivity contribution is -0.138. The van der Waals surface area contributed by atoms with Crippen LogP contribution in [0.2, 0.25) is 0 Å². The Hall–Kier alpha value is -1.39. The maximum absolute atomic E-state index is 10.9. The Kier molecular flexibility index (Phi) is 5.09. The van der Waals surface area contributed by atoms with Crippen molar-refractivity contribution >= 4 is 5.97 Å². The first-order valence-electron chi connectivity index (χ1n) is 6.49. The van der Waals surface area contributed by atoms with Crippen molar-refractivity contribution in [2.45, 2.75) is 51.8 Å². The molecule has 2 unspecified atom stereocenters. The standard InChI is InChI=1S/C15H23NO3/c1-10(14(18)19)13-7-5-12(6-8-13)9-16-15(3,4)11(2)17/h5-8,10-11,16-17H,9H2,1-4H3,(H,18,19). The maximum Gasteiger partial charge on any atom is 0.310 e. The summed E-state index contributed by atoms with van der Waals surface area (Å²) in [5, 5.41) is 21.8. The second-order valence-electron chi connectivity index (χ2n) is 5.55. The normalized spacial score (nSPS) is 15.0. The topological polar surface area (TPSA) is 69.6 Å². The molecule has 2 atom stereocenters. The number of aliphatic hydroxyl groups excluding tert-OH is 1. The SMILES string of the molecule is CC(C(=O)O)c1ccc(CNC(C)(C)C(C)O)cc1. The van der Waals surface area contributed by atoms with E-state index in [4.69, 9.17) is 5.11 Å². The molecule has 0 heterocycles. The predicted molar refractivity (Wildman–Crippen MR) is 75.1 cm³/mol. The van der Waals surface area contributed by atoms with E-state index in [0.717, 1.165) is 11.1 Å². The molecule has 1 aromatic carbocycles. The largest absolute Gasteiger partial charge is 0.481 e. The van der Waals surface area contributed by atoms with Gasteiger partial charge in [-0.05, 0) is 38.8 Å². The van der Waals surface area contributed by atoms with Crippen molar-refractivity contribution in [1.82, 2.24) is 5.32 Å². The molecule has 19 heavy (non-hydrogen) atoms. The Bertz CT molecular complexity index is 424. The Labute approximate surface area is 114 Å². The Balaban J connectivity index is 2.65. The number of nitrogens with one attached hydrogen (secondary N) is 1. The van der Waals surface area contributed by atoms with Gasteiger partial charge in [-0.25, -0.2) is 0 Å². The fourth-order valence-electron chi connectivity index (χ4n) is 1.54. The zero-order valence-corrected chi connectivity index (χ0v) is 12.0. The Morgan fingerprint density at radius 1 is 1.26 bits per heavy atom. The van der Waals surface area contributed by atoms with Gasteiger partial charge in [-0.15, -0.1) is 0 Å². The molecule has 0 amide bonds. The van der Waals surface area contributed by atoms with E-state index < -0.39 is 18.0 Å². The molecular weight excluding hydrogens is 242 g/mol. The fourth-order valence-corrected chi connectivity index (χ4v) is 1.54. The molecule has 0 spiro atoms. The first-order valence-corrected chi connectivity index (χ1v) is 6.49. The summed E-state index contributed by atoms with van der Waals surface area (Å²) in [5.41, 5.74) is 1.51. The van der Waals surface area contributed by atoms with E-state index in [1.165, 1.54) is 0 Å². The van der Waals surface area contributed by atoms with Gasteiger partial charge in [-0.3, -0.25) is 4.79 Å². The van der Waals surface area contributed by atoms with Gasteiger partial charge in [0.1, 0.15) is 0 Å². The van der Waals surface area contributed by atoms with Gasteiger partial charge in [0.2, 0.25) is 0 Å². The molecule has 0 aromatic heterocycles. The number of rotatable bonds is 6. The number of benzene rings is 1. The number of carboxylic acids is 1. The zero-order valence-electron chi connectivity index (χ0n) is 12.0. The van der Waals surface area contributed by atoms with Crippen LogP contribution in [0, 0.1) is 0 Å². The van der Waals surface area contributed by atoms with Gasteiger partial charge >= 0.3 is 5.97 Å². The highest BCUT2D eigenvalue weighted by atomic mass is 16.4. The molecule has 0 radical (unpaired) electrons. The number of aliphatic hydroxyl groups is 1. The van der Waals surface area contributed by atoms with Crippen LogP contribution in [0.25, 0.3) is 0 Å². The maximum atomic E-state index is 10.9. The van der Waals surface area contributed by atoms with E-state index in [1.807, 2.05) is 38.1 Å². The van der Waals surface area contributed by atoms with Gasteiger partial charge in [0.25, 0.3) is 0 Å². The summed E-state index contributed by atoms with van der Waals surface area (Å²) in [7, 11) is 0. The summed E-state index contributed by atoms with van der Waals surface area (Å²) >= 11 is 0. The minimum atomic E-state index is -0.818. The van der Waals surface area contributed by atoms with Gasteiger partial charge in [-0.2, -0.15) is 0 Å². The van der Waals surface area contributed by atoms with Crippen LogP contribution < -0.4 is 5.32 Å². The third-order valence-corrected chi connectivity index (χ3v) is 3.64.